The van der Waals surface area contributed by atoms with Crippen molar-refractivity contribution < 1.29 is 0 Å². The molecule has 4 heteroatoms. The Morgan fingerprint density at radius 3 is 1.49 bits per heavy atom. The second-order valence-electron chi connectivity index (χ2n) is 14.4. The molecule has 0 saturated heterocycles. The summed E-state index contributed by atoms with van der Waals surface area (Å²) in [7, 11) is 0. The fourth-order valence-corrected chi connectivity index (χ4v) is 9.18. The van der Waals surface area contributed by atoms with Gasteiger partial charge < -0.3 is 0 Å². The van der Waals surface area contributed by atoms with Gasteiger partial charge in [-0.3, -0.25) is 0 Å². The van der Waals surface area contributed by atoms with E-state index in [1.807, 2.05) is 0 Å². The van der Waals surface area contributed by atoms with Crippen LogP contribution in [0.1, 0.15) is 0 Å². The van der Waals surface area contributed by atoms with Gasteiger partial charge in [0, 0.05) is 15.8 Å². The zero-order valence-electron chi connectivity index (χ0n) is 30.8. The fourth-order valence-electron chi connectivity index (χ4n) is 8.19. The van der Waals surface area contributed by atoms with E-state index in [0.717, 1.165) is 27.0 Å². The third kappa shape index (κ3) is 5.95. The largest absolute Gasteiger partial charge is 0.208 e. The van der Waals surface area contributed by atoms with E-state index in [-0.39, 0.29) is 0 Å². The summed E-state index contributed by atoms with van der Waals surface area (Å²) in [5.74, 6) is 1.99. The highest BCUT2D eigenvalue weighted by atomic mass is 32.1. The highest BCUT2D eigenvalue weighted by molar-refractivity contribution is 7.22. The van der Waals surface area contributed by atoms with Crippen molar-refractivity contribution in [2.24, 2.45) is 0 Å². The predicted octanol–water partition coefficient (Wildman–Crippen LogP) is 14.5. The van der Waals surface area contributed by atoms with Crippen LogP contribution in [0, 0.1) is 0 Å². The van der Waals surface area contributed by atoms with Crippen LogP contribution in [0.2, 0.25) is 0 Å². The van der Waals surface area contributed by atoms with E-state index >= 15 is 0 Å². The number of fused-ring (bicyclic) bond motifs is 4. The van der Waals surface area contributed by atoms with Crippen molar-refractivity contribution in [2.45, 2.75) is 0 Å². The lowest BCUT2D eigenvalue weighted by molar-refractivity contribution is 1.08. The van der Waals surface area contributed by atoms with Crippen LogP contribution in [0.4, 0.5) is 0 Å². The van der Waals surface area contributed by atoms with Gasteiger partial charge in [-0.2, -0.15) is 0 Å². The van der Waals surface area contributed by atoms with E-state index in [9.17, 15) is 0 Å². The van der Waals surface area contributed by atoms with E-state index in [1.165, 1.54) is 64.8 Å². The van der Waals surface area contributed by atoms with Crippen LogP contribution >= 0.6 is 11.3 Å². The lowest BCUT2D eigenvalue weighted by Gasteiger charge is -2.18. The zero-order chi connectivity index (χ0) is 37.7. The van der Waals surface area contributed by atoms with E-state index in [1.54, 1.807) is 11.3 Å². The SMILES string of the molecule is c1ccc(-c2cccc(-c3c4ccccc4c(-c4ccc(-c5nc(-c6ccc7ccccc7c6)nc(-c6cc7ccccc7s6)n5)cc4)c4ccccc34)c2)cc1. The average molecular weight is 744 g/mol. The van der Waals surface area contributed by atoms with Crippen LogP contribution in [-0.4, -0.2) is 15.0 Å². The number of thiophene rings is 1. The van der Waals surface area contributed by atoms with Crippen molar-refractivity contribution in [2.75, 3.05) is 0 Å². The highest BCUT2D eigenvalue weighted by Crippen LogP contribution is 2.44. The molecule has 3 nitrogen and oxygen atoms in total. The maximum atomic E-state index is 5.12. The number of aromatic nitrogens is 3. The molecule has 0 radical (unpaired) electrons. The van der Waals surface area contributed by atoms with Crippen molar-refractivity contribution in [3.05, 3.63) is 200 Å². The Morgan fingerprint density at radius 2 is 0.789 bits per heavy atom. The lowest BCUT2D eigenvalue weighted by atomic mass is 9.85. The van der Waals surface area contributed by atoms with Gasteiger partial charge in [0.1, 0.15) is 0 Å². The molecule has 11 aromatic rings. The van der Waals surface area contributed by atoms with Gasteiger partial charge >= 0.3 is 0 Å². The van der Waals surface area contributed by atoms with Crippen molar-refractivity contribution in [3.8, 4) is 66.9 Å². The normalized spacial score (nSPS) is 11.5. The molecule has 0 amide bonds. The molecule has 2 heterocycles. The molecule has 2 aromatic heterocycles. The second kappa shape index (κ2) is 13.8. The van der Waals surface area contributed by atoms with Gasteiger partial charge in [-0.05, 0) is 95.3 Å². The van der Waals surface area contributed by atoms with Gasteiger partial charge in [-0.15, -0.1) is 11.3 Å². The van der Waals surface area contributed by atoms with Crippen LogP contribution in [-0.2, 0) is 0 Å². The molecule has 0 fully saturated rings. The standard InChI is InChI=1S/C53H33N3S/c1-2-13-34(14-3-1)39-18-12-19-41(31-39)50-45-22-9-7-20-43(45)49(44-21-8-10-23-46(44)50)36-26-28-37(29-27-36)51-54-52(42-30-25-35-15-4-5-16-38(35)32-42)56-53(55-51)48-33-40-17-6-11-24-47(40)57-48/h1-33H. The Morgan fingerprint density at radius 1 is 0.281 bits per heavy atom. The van der Waals surface area contributed by atoms with E-state index in [4.69, 9.17) is 15.0 Å². The molecule has 9 aromatic carbocycles. The van der Waals surface area contributed by atoms with Crippen LogP contribution in [0.25, 0.3) is 109 Å². The molecule has 0 unspecified atom stereocenters. The minimum atomic E-state index is 0.649. The van der Waals surface area contributed by atoms with Gasteiger partial charge in [0.2, 0.25) is 0 Å². The van der Waals surface area contributed by atoms with Crippen molar-refractivity contribution in [1.82, 2.24) is 15.0 Å². The topological polar surface area (TPSA) is 38.7 Å². The third-order valence-corrected chi connectivity index (χ3v) is 12.0. The molecule has 0 saturated carbocycles. The number of nitrogens with zero attached hydrogens (tertiary/aromatic N) is 3. The van der Waals surface area contributed by atoms with Crippen molar-refractivity contribution >= 4 is 53.7 Å². The van der Waals surface area contributed by atoms with Crippen molar-refractivity contribution in [3.63, 3.8) is 0 Å². The van der Waals surface area contributed by atoms with Crippen LogP contribution in [0.5, 0.6) is 0 Å². The van der Waals surface area contributed by atoms with Crippen LogP contribution in [0.3, 0.4) is 0 Å². The second-order valence-corrected chi connectivity index (χ2v) is 15.5. The number of benzene rings is 9. The Kier molecular flexibility index (Phi) is 8.01. The summed E-state index contributed by atoms with van der Waals surface area (Å²) in [4.78, 5) is 16.3. The maximum absolute atomic E-state index is 5.12. The van der Waals surface area contributed by atoms with Crippen LogP contribution < -0.4 is 0 Å². The van der Waals surface area contributed by atoms with Gasteiger partial charge in [0.15, 0.2) is 17.5 Å². The molecule has 0 atom stereocenters. The molecule has 11 rings (SSSR count). The minimum Gasteiger partial charge on any atom is -0.208 e. The van der Waals surface area contributed by atoms with E-state index in [0.29, 0.717) is 17.5 Å². The molecule has 0 spiro atoms. The molecule has 0 N–H and O–H groups in total. The zero-order valence-corrected chi connectivity index (χ0v) is 31.6. The Hall–Kier alpha value is -7.27. The third-order valence-electron chi connectivity index (χ3n) is 10.9. The van der Waals surface area contributed by atoms with Gasteiger partial charge in [0.05, 0.1) is 4.88 Å². The maximum Gasteiger partial charge on any atom is 0.174 e. The molecule has 57 heavy (non-hydrogen) atoms. The Bertz CT molecular complexity index is 3200. The van der Waals surface area contributed by atoms with Gasteiger partial charge in [0.25, 0.3) is 0 Å². The summed E-state index contributed by atoms with van der Waals surface area (Å²) < 4.78 is 1.21. The molecular formula is C53H33N3S. The molecule has 0 aliphatic rings. The quantitative estimate of drug-likeness (QED) is 0.159. The molecule has 0 aliphatic carbocycles. The lowest BCUT2D eigenvalue weighted by Crippen LogP contribution is -1.99. The number of hydrogen-bond donors (Lipinski definition) is 0. The first-order valence-corrected chi connectivity index (χ1v) is 20.0. The van der Waals surface area contributed by atoms with E-state index in [2.05, 4.69) is 200 Å². The summed E-state index contributed by atoms with van der Waals surface area (Å²) in [6, 6.07) is 71.4. The highest BCUT2D eigenvalue weighted by Gasteiger charge is 2.19. The van der Waals surface area contributed by atoms with Gasteiger partial charge in [-0.1, -0.05) is 176 Å². The number of hydrogen-bond acceptors (Lipinski definition) is 4. The number of rotatable bonds is 6. The smallest absolute Gasteiger partial charge is 0.174 e. The predicted molar refractivity (Wildman–Crippen MR) is 240 cm³/mol. The monoisotopic (exact) mass is 743 g/mol. The first kappa shape index (κ1) is 33.1. The molecular weight excluding hydrogens is 711 g/mol. The first-order valence-electron chi connectivity index (χ1n) is 19.2. The minimum absolute atomic E-state index is 0.649. The average Bonchev–Trinajstić information content (AvgIpc) is 3.73. The van der Waals surface area contributed by atoms with E-state index < -0.39 is 0 Å². The first-order chi connectivity index (χ1) is 28.2. The molecule has 0 aliphatic heterocycles. The molecule has 0 bridgehead atoms. The summed E-state index contributed by atoms with van der Waals surface area (Å²) in [6.07, 6.45) is 0. The van der Waals surface area contributed by atoms with Gasteiger partial charge in [-0.25, -0.2) is 15.0 Å². The summed E-state index contributed by atoms with van der Waals surface area (Å²) >= 11 is 1.71. The Labute approximate surface area is 334 Å². The summed E-state index contributed by atoms with van der Waals surface area (Å²) in [5.41, 5.74) is 9.13. The fraction of sp³-hybridized carbons (Fsp3) is 0. The summed E-state index contributed by atoms with van der Waals surface area (Å²) in [6.45, 7) is 0. The Balaban J connectivity index is 1.05. The van der Waals surface area contributed by atoms with Crippen molar-refractivity contribution in [1.29, 1.82) is 0 Å². The summed E-state index contributed by atoms with van der Waals surface area (Å²) in [5, 5.41) is 8.41. The molecule has 266 valence electrons. The van der Waals surface area contributed by atoms with Crippen LogP contribution in [0.15, 0.2) is 200 Å².